The summed E-state index contributed by atoms with van der Waals surface area (Å²) in [6.07, 6.45) is 0. The Labute approximate surface area is 86.8 Å². The smallest absolute Gasteiger partial charge is 0.342 e. The number of fused-ring (bicyclic) bond motifs is 1. The lowest BCUT2D eigenvalue weighted by Gasteiger charge is -2.22. The minimum Gasteiger partial charge on any atom is -0.418 e. The van der Waals surface area contributed by atoms with Crippen LogP contribution in [0.5, 0.6) is 0 Å². The first-order chi connectivity index (χ1) is 7.03. The fraction of sp³-hybridized carbons (Fsp3) is 0.273. The second-order valence-electron chi connectivity index (χ2n) is 3.47. The van der Waals surface area contributed by atoms with Gasteiger partial charge in [0, 0.05) is 13.8 Å². The lowest BCUT2D eigenvalue weighted by Crippen LogP contribution is -2.28. The van der Waals surface area contributed by atoms with Crippen molar-refractivity contribution in [2.45, 2.75) is 19.6 Å². The Bertz CT molecular complexity index is 434. The monoisotopic (exact) mass is 206 g/mol. The third-order valence-corrected chi connectivity index (χ3v) is 2.26. The Balaban J connectivity index is 2.47. The van der Waals surface area contributed by atoms with E-state index in [0.29, 0.717) is 11.1 Å². The molecule has 0 saturated carbocycles. The van der Waals surface area contributed by atoms with Crippen LogP contribution in [0.2, 0.25) is 0 Å². The summed E-state index contributed by atoms with van der Waals surface area (Å²) in [5.41, 5.74) is 1.03. The minimum atomic E-state index is -1.28. The van der Waals surface area contributed by atoms with Crippen molar-refractivity contribution >= 4 is 11.9 Å². The molecule has 0 aliphatic carbocycles. The molecule has 1 aromatic carbocycles. The van der Waals surface area contributed by atoms with Crippen LogP contribution in [0.1, 0.15) is 29.8 Å². The predicted octanol–water partition coefficient (Wildman–Crippen LogP) is 1.59. The second-order valence-corrected chi connectivity index (χ2v) is 3.47. The Morgan fingerprint density at radius 3 is 2.73 bits per heavy atom. The molecule has 1 atom stereocenters. The molecule has 0 amide bonds. The first-order valence-electron chi connectivity index (χ1n) is 4.55. The molecule has 0 N–H and O–H groups in total. The molecule has 1 aromatic rings. The lowest BCUT2D eigenvalue weighted by atomic mass is 10.0. The second kappa shape index (κ2) is 3.08. The van der Waals surface area contributed by atoms with E-state index in [9.17, 15) is 9.59 Å². The van der Waals surface area contributed by atoms with Gasteiger partial charge in [-0.15, -0.1) is 0 Å². The Kier molecular flexibility index (Phi) is 2.00. The standard InChI is InChI=1S/C11H10O4/c1-7(12)14-11(2)9-6-4-3-5-8(9)10(13)15-11/h3-6H,1-2H3. The topological polar surface area (TPSA) is 52.6 Å². The maximum absolute atomic E-state index is 11.4. The van der Waals surface area contributed by atoms with Gasteiger partial charge >= 0.3 is 11.9 Å². The van der Waals surface area contributed by atoms with Crippen LogP contribution in [-0.2, 0) is 20.1 Å². The molecular weight excluding hydrogens is 196 g/mol. The molecule has 1 aliphatic heterocycles. The molecule has 1 heterocycles. The highest BCUT2D eigenvalue weighted by Gasteiger charge is 2.44. The van der Waals surface area contributed by atoms with Crippen molar-refractivity contribution < 1.29 is 19.1 Å². The molecule has 0 saturated heterocycles. The van der Waals surface area contributed by atoms with Crippen molar-refractivity contribution in [3.63, 3.8) is 0 Å². The summed E-state index contributed by atoms with van der Waals surface area (Å²) in [5, 5.41) is 0. The van der Waals surface area contributed by atoms with Crippen LogP contribution in [0.25, 0.3) is 0 Å². The van der Waals surface area contributed by atoms with Gasteiger partial charge in [-0.2, -0.15) is 0 Å². The lowest BCUT2D eigenvalue weighted by molar-refractivity contribution is -0.200. The third-order valence-electron chi connectivity index (χ3n) is 2.26. The molecule has 15 heavy (non-hydrogen) atoms. The van der Waals surface area contributed by atoms with Gasteiger partial charge in [0.2, 0.25) is 0 Å². The number of esters is 2. The number of hydrogen-bond acceptors (Lipinski definition) is 4. The van der Waals surface area contributed by atoms with Crippen LogP contribution in [-0.4, -0.2) is 11.9 Å². The van der Waals surface area contributed by atoms with Crippen LogP contribution in [0, 0.1) is 0 Å². The molecule has 0 aromatic heterocycles. The van der Waals surface area contributed by atoms with Gasteiger partial charge in [0.15, 0.2) is 0 Å². The molecule has 0 fully saturated rings. The van der Waals surface area contributed by atoms with Gasteiger partial charge in [-0.1, -0.05) is 18.2 Å². The molecule has 2 rings (SSSR count). The summed E-state index contributed by atoms with van der Waals surface area (Å²) in [7, 11) is 0. The van der Waals surface area contributed by atoms with Crippen molar-refractivity contribution in [3.8, 4) is 0 Å². The van der Waals surface area contributed by atoms with Crippen molar-refractivity contribution in [2.75, 3.05) is 0 Å². The number of hydrogen-bond donors (Lipinski definition) is 0. The Morgan fingerprint density at radius 1 is 1.40 bits per heavy atom. The maximum atomic E-state index is 11.4. The van der Waals surface area contributed by atoms with E-state index in [2.05, 4.69) is 0 Å². The van der Waals surface area contributed by atoms with Gasteiger partial charge in [-0.3, -0.25) is 4.79 Å². The number of cyclic esters (lactones) is 1. The van der Waals surface area contributed by atoms with Gasteiger partial charge < -0.3 is 9.47 Å². The fourth-order valence-corrected chi connectivity index (χ4v) is 1.69. The largest absolute Gasteiger partial charge is 0.418 e. The number of carbonyl (C=O) groups is 2. The average molecular weight is 206 g/mol. The Hall–Kier alpha value is -1.84. The molecular formula is C11H10O4. The highest BCUT2D eigenvalue weighted by Crippen LogP contribution is 2.36. The minimum absolute atomic E-state index is 0.446. The normalized spacial score (nSPS) is 23.2. The fourth-order valence-electron chi connectivity index (χ4n) is 1.69. The molecule has 1 unspecified atom stereocenters. The van der Waals surface area contributed by atoms with Crippen molar-refractivity contribution in [2.24, 2.45) is 0 Å². The summed E-state index contributed by atoms with van der Waals surface area (Å²) in [6.45, 7) is 2.83. The summed E-state index contributed by atoms with van der Waals surface area (Å²) in [5.74, 6) is -2.23. The van der Waals surface area contributed by atoms with Gasteiger partial charge in [0.25, 0.3) is 5.79 Å². The summed E-state index contributed by atoms with van der Waals surface area (Å²) >= 11 is 0. The zero-order valence-corrected chi connectivity index (χ0v) is 8.44. The third kappa shape index (κ3) is 1.48. The number of carbonyl (C=O) groups excluding carboxylic acids is 2. The summed E-state index contributed by atoms with van der Waals surface area (Å²) in [6, 6.07) is 6.86. The van der Waals surface area contributed by atoms with E-state index in [1.54, 1.807) is 31.2 Å². The van der Waals surface area contributed by atoms with E-state index in [1.807, 2.05) is 0 Å². The predicted molar refractivity (Wildman–Crippen MR) is 51.0 cm³/mol. The van der Waals surface area contributed by atoms with Gasteiger partial charge in [0.05, 0.1) is 11.1 Å². The van der Waals surface area contributed by atoms with Crippen molar-refractivity contribution in [3.05, 3.63) is 35.4 Å². The molecule has 4 nitrogen and oxygen atoms in total. The van der Waals surface area contributed by atoms with Crippen LogP contribution in [0.15, 0.2) is 24.3 Å². The SMILES string of the molecule is CC(=O)OC1(C)OC(=O)c2ccccc21. The number of ether oxygens (including phenoxy) is 2. The first kappa shape index (κ1) is 9.71. The van der Waals surface area contributed by atoms with Crippen LogP contribution in [0.4, 0.5) is 0 Å². The molecule has 0 spiro atoms. The quantitative estimate of drug-likeness (QED) is 0.655. The van der Waals surface area contributed by atoms with Crippen LogP contribution >= 0.6 is 0 Å². The van der Waals surface area contributed by atoms with Gasteiger partial charge in [-0.05, 0) is 6.07 Å². The highest BCUT2D eigenvalue weighted by molar-refractivity contribution is 5.94. The van der Waals surface area contributed by atoms with E-state index in [1.165, 1.54) is 6.92 Å². The maximum Gasteiger partial charge on any atom is 0.342 e. The summed E-state index contributed by atoms with van der Waals surface area (Å²) < 4.78 is 10.1. The van der Waals surface area contributed by atoms with Crippen molar-refractivity contribution in [1.82, 2.24) is 0 Å². The van der Waals surface area contributed by atoms with E-state index >= 15 is 0 Å². The first-order valence-corrected chi connectivity index (χ1v) is 4.55. The Morgan fingerprint density at radius 2 is 2.07 bits per heavy atom. The van der Waals surface area contributed by atoms with E-state index in [4.69, 9.17) is 9.47 Å². The van der Waals surface area contributed by atoms with E-state index < -0.39 is 17.7 Å². The van der Waals surface area contributed by atoms with Crippen LogP contribution < -0.4 is 0 Å². The van der Waals surface area contributed by atoms with Gasteiger partial charge in [-0.25, -0.2) is 4.79 Å². The zero-order chi connectivity index (χ0) is 11.1. The zero-order valence-electron chi connectivity index (χ0n) is 8.44. The number of benzene rings is 1. The summed E-state index contributed by atoms with van der Waals surface area (Å²) in [4.78, 5) is 22.4. The molecule has 78 valence electrons. The molecule has 0 bridgehead atoms. The van der Waals surface area contributed by atoms with E-state index in [0.717, 1.165) is 0 Å². The van der Waals surface area contributed by atoms with Gasteiger partial charge in [0.1, 0.15) is 0 Å². The van der Waals surface area contributed by atoms with Crippen LogP contribution in [0.3, 0.4) is 0 Å². The van der Waals surface area contributed by atoms with E-state index in [-0.39, 0.29) is 0 Å². The highest BCUT2D eigenvalue weighted by atomic mass is 16.7. The molecule has 0 radical (unpaired) electrons. The molecule has 1 aliphatic rings. The average Bonchev–Trinajstić information content (AvgIpc) is 2.39. The number of rotatable bonds is 1. The molecule has 4 heteroatoms. The van der Waals surface area contributed by atoms with Crippen molar-refractivity contribution in [1.29, 1.82) is 0 Å².